The highest BCUT2D eigenvalue weighted by atomic mass is 31.2. The summed E-state index contributed by atoms with van der Waals surface area (Å²) in [6.07, 6.45) is -3.35. The number of carbonyl (C=O) groups is 1. The minimum absolute atomic E-state index is 0.140. The Balaban J connectivity index is 1.38. The van der Waals surface area contributed by atoms with Gasteiger partial charge in [-0.25, -0.2) is 14.5 Å². The van der Waals surface area contributed by atoms with Gasteiger partial charge in [0.1, 0.15) is 35.4 Å². The fraction of sp³-hybridized carbons (Fsp3) is 0.500. The number of hydrogen-bond acceptors (Lipinski definition) is 13. The summed E-state index contributed by atoms with van der Waals surface area (Å²) in [6.45, 7) is 8.26. The topological polar surface area (TPSA) is 201 Å². The van der Waals surface area contributed by atoms with Crippen molar-refractivity contribution in [3.8, 4) is 5.75 Å². The zero-order valence-electron chi connectivity index (χ0n) is 26.5. The fourth-order valence-corrected chi connectivity index (χ4v) is 6.62. The molecule has 3 aromatic rings. The van der Waals surface area contributed by atoms with E-state index in [1.807, 2.05) is 45.0 Å². The van der Waals surface area contributed by atoms with Crippen LogP contribution in [-0.4, -0.2) is 82.1 Å². The first-order valence-electron chi connectivity index (χ1n) is 14.8. The number of aromatic nitrogens is 2. The molecule has 1 fully saturated rings. The molecule has 6 N–H and O–H groups in total. The van der Waals surface area contributed by atoms with Gasteiger partial charge in [-0.15, -0.1) is 0 Å². The van der Waals surface area contributed by atoms with Crippen molar-refractivity contribution in [2.75, 3.05) is 25.6 Å². The molecule has 7 atom stereocenters. The number of aliphatic hydroxyl groups excluding tert-OH is 1. The first kappa shape index (κ1) is 33.8. The number of aliphatic hydroxyl groups is 2. The Morgan fingerprint density at radius 2 is 1.98 bits per heavy atom. The second kappa shape index (κ2) is 12.9. The molecule has 1 aromatic heterocycles. The van der Waals surface area contributed by atoms with Crippen LogP contribution in [0, 0.1) is 5.41 Å². The molecule has 3 heterocycles. The van der Waals surface area contributed by atoms with E-state index >= 15 is 0 Å². The highest BCUT2D eigenvalue weighted by Crippen LogP contribution is 2.49. The van der Waals surface area contributed by atoms with Crippen LogP contribution >= 0.6 is 7.75 Å². The van der Waals surface area contributed by atoms with Gasteiger partial charge in [-0.2, -0.15) is 5.09 Å². The number of methoxy groups -OCH3 is 1. The predicted molar refractivity (Wildman–Crippen MR) is 169 cm³/mol. The van der Waals surface area contributed by atoms with Crippen molar-refractivity contribution in [2.45, 2.75) is 71.0 Å². The fourth-order valence-electron chi connectivity index (χ4n) is 5.09. The van der Waals surface area contributed by atoms with Crippen molar-refractivity contribution in [3.63, 3.8) is 0 Å². The van der Waals surface area contributed by atoms with E-state index in [1.54, 1.807) is 18.2 Å². The van der Waals surface area contributed by atoms with Crippen LogP contribution in [0.1, 0.15) is 46.5 Å². The third-order valence-corrected chi connectivity index (χ3v) is 9.10. The maximum absolute atomic E-state index is 14.3. The van der Waals surface area contributed by atoms with Crippen LogP contribution in [0.2, 0.25) is 0 Å². The largest absolute Gasteiger partial charge is 0.480 e. The molecule has 0 bridgehead atoms. The summed E-state index contributed by atoms with van der Waals surface area (Å²) in [4.78, 5) is 21.3. The quantitative estimate of drug-likeness (QED) is 0.157. The minimum Gasteiger partial charge on any atom is -0.480 e. The lowest BCUT2D eigenvalue weighted by Gasteiger charge is -2.29. The average Bonchev–Trinajstić information content (AvgIpc) is 3.51. The molecule has 5 rings (SSSR count). The van der Waals surface area contributed by atoms with Crippen molar-refractivity contribution < 1.29 is 42.8 Å². The number of esters is 1. The number of rotatable bonds is 10. The Hall–Kier alpha value is -3.56. The van der Waals surface area contributed by atoms with E-state index in [0.717, 1.165) is 5.39 Å². The smallest absolute Gasteiger partial charge is 0.459 e. The number of anilines is 1. The number of nitrogens with one attached hydrogen (secondary N) is 2. The van der Waals surface area contributed by atoms with Crippen molar-refractivity contribution in [1.82, 2.24) is 14.6 Å². The van der Waals surface area contributed by atoms with Crippen LogP contribution in [0.15, 0.2) is 53.8 Å². The lowest BCUT2D eigenvalue weighted by molar-refractivity contribution is -0.148. The number of nitrogens with two attached hydrogens (primary N) is 1. The molecular weight excluding hydrogens is 619 g/mol. The van der Waals surface area contributed by atoms with Crippen LogP contribution in [0.4, 0.5) is 5.82 Å². The van der Waals surface area contributed by atoms with Crippen LogP contribution in [0.25, 0.3) is 10.8 Å². The molecule has 2 aliphatic rings. The van der Waals surface area contributed by atoms with Gasteiger partial charge in [-0.05, 0) is 30.7 Å². The zero-order chi connectivity index (χ0) is 33.4. The van der Waals surface area contributed by atoms with Gasteiger partial charge in [-0.3, -0.25) is 19.6 Å². The van der Waals surface area contributed by atoms with E-state index < -0.39 is 56.7 Å². The summed E-state index contributed by atoms with van der Waals surface area (Å²) in [6, 6.07) is 11.5. The third kappa shape index (κ3) is 7.05. The van der Waals surface area contributed by atoms with Gasteiger partial charge in [0, 0.05) is 5.39 Å². The SMILES string of the molecule is COC1=NC(N)Nc2c1ncn2C1O[C@H](COP(=O)(N[C@@H](C)C(=O)OCC(C)(C)C)Oc2cccc3ccccc23)[C@@H](O)[C@@]1(C)O. The molecule has 0 amide bonds. The molecule has 15 nitrogen and oxygen atoms in total. The Kier molecular flexibility index (Phi) is 9.49. The highest BCUT2D eigenvalue weighted by molar-refractivity contribution is 7.52. The molecule has 0 aliphatic carbocycles. The summed E-state index contributed by atoms with van der Waals surface area (Å²) >= 11 is 0. The first-order valence-corrected chi connectivity index (χ1v) is 16.3. The number of carbonyl (C=O) groups excluding carboxylic acids is 1. The molecule has 2 aliphatic heterocycles. The van der Waals surface area contributed by atoms with Crippen molar-refractivity contribution in [3.05, 3.63) is 54.5 Å². The van der Waals surface area contributed by atoms with Crippen molar-refractivity contribution >= 4 is 36.2 Å². The molecule has 1 saturated heterocycles. The molecule has 0 spiro atoms. The van der Waals surface area contributed by atoms with E-state index in [9.17, 15) is 19.6 Å². The van der Waals surface area contributed by atoms with Gasteiger partial charge in [-0.1, -0.05) is 57.2 Å². The molecular formula is C30H41N6O9P. The predicted octanol–water partition coefficient (Wildman–Crippen LogP) is 2.88. The Bertz CT molecular complexity index is 1650. The van der Waals surface area contributed by atoms with Crippen molar-refractivity contribution in [2.24, 2.45) is 16.1 Å². The second-order valence-corrected chi connectivity index (χ2v) is 14.3. The van der Waals surface area contributed by atoms with Gasteiger partial charge in [0.05, 0.1) is 26.7 Å². The van der Waals surface area contributed by atoms with Gasteiger partial charge < -0.3 is 34.3 Å². The Morgan fingerprint density at radius 3 is 2.70 bits per heavy atom. The molecule has 2 aromatic carbocycles. The lowest BCUT2D eigenvalue weighted by atomic mass is 9.96. The summed E-state index contributed by atoms with van der Waals surface area (Å²) in [5.41, 5.74) is 4.16. The average molecular weight is 661 g/mol. The molecule has 0 saturated carbocycles. The van der Waals surface area contributed by atoms with Crippen LogP contribution in [0.5, 0.6) is 5.75 Å². The first-order chi connectivity index (χ1) is 21.6. The summed E-state index contributed by atoms with van der Waals surface area (Å²) in [5.74, 6) is 0.124. The number of benzene rings is 2. The van der Waals surface area contributed by atoms with Crippen LogP contribution in [-0.2, 0) is 28.1 Å². The van der Waals surface area contributed by atoms with Crippen LogP contribution < -0.4 is 20.7 Å². The van der Waals surface area contributed by atoms with E-state index in [2.05, 4.69) is 20.4 Å². The zero-order valence-corrected chi connectivity index (χ0v) is 27.4. The van der Waals surface area contributed by atoms with Gasteiger partial charge in [0.2, 0.25) is 5.90 Å². The normalized spacial score (nSPS) is 26.4. The number of aliphatic imine (C=N–C) groups is 1. The maximum Gasteiger partial charge on any atom is 0.459 e. The van der Waals surface area contributed by atoms with Crippen LogP contribution in [0.3, 0.4) is 0 Å². The highest BCUT2D eigenvalue weighted by Gasteiger charge is 2.54. The van der Waals surface area contributed by atoms with Gasteiger partial charge >= 0.3 is 13.7 Å². The van der Waals surface area contributed by atoms with E-state index in [-0.39, 0.29) is 23.7 Å². The number of fused-ring (bicyclic) bond motifs is 2. The molecule has 250 valence electrons. The monoisotopic (exact) mass is 660 g/mol. The Morgan fingerprint density at radius 1 is 1.26 bits per heavy atom. The number of ether oxygens (including phenoxy) is 3. The molecule has 3 unspecified atom stereocenters. The molecule has 16 heteroatoms. The standard InChI is InChI=1S/C30H41N6O9P/c1-17(26(38)42-15-29(2,3)4)35-46(40,45-20-13-9-11-18-10-7-8-12-19(18)20)43-14-21-23(37)30(5,39)27(44-21)36-16-32-22-24(36)33-28(31)34-25(22)41-6/h7-13,16-17,21,23,27-28,33,37,39H,14-15,31H2,1-6H3,(H,35,40)/t17-,21+,23+,27?,28?,30+,46?/m0/s1. The minimum atomic E-state index is -4.36. The van der Waals surface area contributed by atoms with Gasteiger partial charge in [0.25, 0.3) is 0 Å². The van der Waals surface area contributed by atoms with E-state index in [0.29, 0.717) is 16.9 Å². The molecule has 0 radical (unpaired) electrons. The third-order valence-electron chi connectivity index (χ3n) is 7.47. The molecule has 46 heavy (non-hydrogen) atoms. The number of nitrogens with zero attached hydrogens (tertiary/aromatic N) is 3. The number of hydrogen-bond donors (Lipinski definition) is 5. The van der Waals surface area contributed by atoms with Gasteiger partial charge in [0.15, 0.2) is 18.2 Å². The Labute approximate surface area is 266 Å². The van der Waals surface area contributed by atoms with Crippen molar-refractivity contribution in [1.29, 1.82) is 0 Å². The summed E-state index contributed by atoms with van der Waals surface area (Å²) < 4.78 is 44.4. The second-order valence-electron chi connectivity index (χ2n) is 12.7. The summed E-state index contributed by atoms with van der Waals surface area (Å²) in [7, 11) is -2.94. The number of imidazole rings is 1. The maximum atomic E-state index is 14.3. The lowest BCUT2D eigenvalue weighted by Crippen LogP contribution is -2.45. The van der Waals surface area contributed by atoms with E-state index in [1.165, 1.54) is 31.9 Å². The summed E-state index contributed by atoms with van der Waals surface area (Å²) in [5, 5.41) is 29.7. The van der Waals surface area contributed by atoms with E-state index in [4.69, 9.17) is 29.0 Å².